The number of nitrogens with zero attached hydrogens (tertiary/aromatic N) is 4. The number of nitro benzene ring substituents is 1. The maximum Gasteiger partial charge on any atom is 0.271 e. The van der Waals surface area contributed by atoms with Gasteiger partial charge in [0.2, 0.25) is 5.91 Å². The van der Waals surface area contributed by atoms with Gasteiger partial charge in [0.15, 0.2) is 0 Å². The molecule has 1 aliphatic rings. The van der Waals surface area contributed by atoms with E-state index >= 15 is 0 Å². The number of fused-ring (bicyclic) bond motifs is 1. The molecule has 0 aliphatic carbocycles. The van der Waals surface area contributed by atoms with Crippen LogP contribution in [0.15, 0.2) is 29.3 Å². The number of aromatic nitrogens is 2. The Bertz CT molecular complexity index is 882. The molecule has 2 aromatic rings. The minimum absolute atomic E-state index is 0.0760. The minimum Gasteiger partial charge on any atom is -0.336 e. The van der Waals surface area contributed by atoms with Gasteiger partial charge in [-0.2, -0.15) is 0 Å². The molecule has 3 rings (SSSR count). The smallest absolute Gasteiger partial charge is 0.271 e. The monoisotopic (exact) mass is 344 g/mol. The lowest BCUT2D eigenvalue weighted by atomic mass is 9.97. The zero-order chi connectivity index (χ0) is 18.1. The summed E-state index contributed by atoms with van der Waals surface area (Å²) in [5, 5.41) is 11.1. The Kier molecular flexibility index (Phi) is 4.52. The molecule has 2 atom stereocenters. The van der Waals surface area contributed by atoms with Gasteiger partial charge in [-0.15, -0.1) is 0 Å². The molecule has 0 unspecified atom stereocenters. The highest BCUT2D eigenvalue weighted by atomic mass is 16.6. The fourth-order valence-electron chi connectivity index (χ4n) is 3.51. The van der Waals surface area contributed by atoms with Crippen molar-refractivity contribution in [3.05, 3.63) is 45.0 Å². The van der Waals surface area contributed by atoms with E-state index in [1.165, 1.54) is 29.1 Å². The average Bonchev–Trinajstić information content (AvgIpc) is 2.57. The molecule has 0 N–H and O–H groups in total. The van der Waals surface area contributed by atoms with Crippen LogP contribution >= 0.6 is 0 Å². The summed E-state index contributed by atoms with van der Waals surface area (Å²) in [6, 6.07) is 4.23. The quantitative estimate of drug-likeness (QED) is 0.627. The van der Waals surface area contributed by atoms with E-state index in [-0.39, 0.29) is 46.7 Å². The topological polar surface area (TPSA) is 98.3 Å². The maximum absolute atomic E-state index is 12.7. The molecular formula is C17H20N4O4. The van der Waals surface area contributed by atoms with Crippen molar-refractivity contribution in [3.63, 3.8) is 0 Å². The van der Waals surface area contributed by atoms with Gasteiger partial charge in [0.05, 0.1) is 22.2 Å². The molecule has 1 fully saturated rings. The first-order valence-corrected chi connectivity index (χ1v) is 8.33. The Morgan fingerprint density at radius 3 is 2.64 bits per heavy atom. The Morgan fingerprint density at radius 1 is 1.32 bits per heavy atom. The van der Waals surface area contributed by atoms with E-state index in [1.807, 2.05) is 18.7 Å². The number of nitro groups is 1. The molecule has 0 saturated carbocycles. The Morgan fingerprint density at radius 2 is 2.00 bits per heavy atom. The molecule has 25 heavy (non-hydrogen) atoms. The Hall–Kier alpha value is -2.77. The van der Waals surface area contributed by atoms with E-state index < -0.39 is 4.92 Å². The molecule has 132 valence electrons. The van der Waals surface area contributed by atoms with Crippen LogP contribution in [-0.4, -0.2) is 37.4 Å². The van der Waals surface area contributed by atoms with Crippen LogP contribution in [0.4, 0.5) is 5.69 Å². The van der Waals surface area contributed by atoms with E-state index in [9.17, 15) is 19.7 Å². The number of benzene rings is 1. The second-order valence-electron chi connectivity index (χ2n) is 6.57. The van der Waals surface area contributed by atoms with Gasteiger partial charge >= 0.3 is 0 Å². The molecule has 8 heteroatoms. The standard InChI is InChI=1S/C17H20N4O4/c1-11-4-3-5-12(2)20(11)16(22)9-19-10-18-15-8-13(21(24)25)6-7-14(15)17(19)23/h6-8,10-12H,3-5,9H2,1-2H3/t11-,12+. The van der Waals surface area contributed by atoms with E-state index in [2.05, 4.69) is 4.98 Å². The molecular weight excluding hydrogens is 324 g/mol. The lowest BCUT2D eigenvalue weighted by Crippen LogP contribution is -2.49. The first-order chi connectivity index (χ1) is 11.9. The van der Waals surface area contributed by atoms with Gasteiger partial charge in [-0.3, -0.25) is 24.3 Å². The molecule has 2 heterocycles. The van der Waals surface area contributed by atoms with Crippen molar-refractivity contribution in [1.82, 2.24) is 14.5 Å². The lowest BCUT2D eigenvalue weighted by Gasteiger charge is -2.39. The van der Waals surface area contributed by atoms with Gasteiger partial charge in [0, 0.05) is 24.2 Å². The molecule has 1 aliphatic heterocycles. The molecule has 0 bridgehead atoms. The first kappa shape index (κ1) is 17.1. The number of carbonyl (C=O) groups is 1. The van der Waals surface area contributed by atoms with Crippen LogP contribution in [-0.2, 0) is 11.3 Å². The molecule has 1 aromatic carbocycles. The van der Waals surface area contributed by atoms with Gasteiger partial charge in [0.25, 0.3) is 11.2 Å². The van der Waals surface area contributed by atoms with Crippen LogP contribution in [0.25, 0.3) is 10.9 Å². The van der Waals surface area contributed by atoms with Crippen molar-refractivity contribution in [2.45, 2.75) is 51.7 Å². The second kappa shape index (κ2) is 6.62. The summed E-state index contributed by atoms with van der Waals surface area (Å²) >= 11 is 0. The summed E-state index contributed by atoms with van der Waals surface area (Å²) in [5.41, 5.74) is -0.239. The lowest BCUT2D eigenvalue weighted by molar-refractivity contribution is -0.384. The van der Waals surface area contributed by atoms with Crippen molar-refractivity contribution in [1.29, 1.82) is 0 Å². The van der Waals surface area contributed by atoms with E-state index in [4.69, 9.17) is 0 Å². The first-order valence-electron chi connectivity index (χ1n) is 8.33. The van der Waals surface area contributed by atoms with E-state index in [0.29, 0.717) is 0 Å². The summed E-state index contributed by atoms with van der Waals surface area (Å²) in [6.45, 7) is 3.97. The number of piperidine rings is 1. The van der Waals surface area contributed by atoms with Crippen LogP contribution in [0.1, 0.15) is 33.1 Å². The summed E-state index contributed by atoms with van der Waals surface area (Å²) in [5.74, 6) is -0.107. The predicted molar refractivity (Wildman–Crippen MR) is 92.3 cm³/mol. The summed E-state index contributed by atoms with van der Waals surface area (Å²) < 4.78 is 1.27. The number of amides is 1. The van der Waals surface area contributed by atoms with Crippen molar-refractivity contribution >= 4 is 22.5 Å². The molecule has 1 amide bonds. The van der Waals surface area contributed by atoms with Gasteiger partial charge in [-0.05, 0) is 39.2 Å². The normalized spacial score (nSPS) is 20.6. The van der Waals surface area contributed by atoms with Crippen molar-refractivity contribution in [3.8, 4) is 0 Å². The van der Waals surface area contributed by atoms with Gasteiger partial charge in [-0.1, -0.05) is 0 Å². The largest absolute Gasteiger partial charge is 0.336 e. The predicted octanol–water partition coefficient (Wildman–Crippen LogP) is 2.09. The van der Waals surface area contributed by atoms with Crippen LogP contribution in [0.5, 0.6) is 0 Å². The third-order valence-corrected chi connectivity index (χ3v) is 4.81. The Balaban J connectivity index is 1.90. The number of carbonyl (C=O) groups excluding carboxylic acids is 1. The minimum atomic E-state index is -0.532. The van der Waals surface area contributed by atoms with E-state index in [0.717, 1.165) is 19.3 Å². The molecule has 8 nitrogen and oxygen atoms in total. The highest BCUT2D eigenvalue weighted by Crippen LogP contribution is 2.23. The number of non-ortho nitro benzene ring substituents is 1. The molecule has 0 radical (unpaired) electrons. The van der Waals surface area contributed by atoms with Crippen molar-refractivity contribution in [2.75, 3.05) is 0 Å². The zero-order valence-corrected chi connectivity index (χ0v) is 14.2. The van der Waals surface area contributed by atoms with Crippen LogP contribution in [0.2, 0.25) is 0 Å². The highest BCUT2D eigenvalue weighted by Gasteiger charge is 2.29. The third-order valence-electron chi connectivity index (χ3n) is 4.81. The fourth-order valence-corrected chi connectivity index (χ4v) is 3.51. The maximum atomic E-state index is 12.7. The number of hydrogen-bond donors (Lipinski definition) is 0. The van der Waals surface area contributed by atoms with Crippen LogP contribution in [0.3, 0.4) is 0 Å². The van der Waals surface area contributed by atoms with Crippen LogP contribution in [0, 0.1) is 10.1 Å². The Labute approximate surface area is 144 Å². The van der Waals surface area contributed by atoms with Crippen molar-refractivity contribution < 1.29 is 9.72 Å². The number of likely N-dealkylation sites (tertiary alicyclic amines) is 1. The molecule has 1 saturated heterocycles. The second-order valence-corrected chi connectivity index (χ2v) is 6.57. The fraction of sp³-hybridized carbons (Fsp3) is 0.471. The molecule has 1 aromatic heterocycles. The van der Waals surface area contributed by atoms with Crippen LogP contribution < -0.4 is 5.56 Å². The van der Waals surface area contributed by atoms with Gasteiger partial charge < -0.3 is 4.90 Å². The summed E-state index contributed by atoms with van der Waals surface area (Å²) in [7, 11) is 0. The van der Waals surface area contributed by atoms with Gasteiger partial charge in [0.1, 0.15) is 6.54 Å². The zero-order valence-electron chi connectivity index (χ0n) is 14.2. The highest BCUT2D eigenvalue weighted by molar-refractivity contribution is 5.81. The van der Waals surface area contributed by atoms with Crippen molar-refractivity contribution in [2.24, 2.45) is 0 Å². The van der Waals surface area contributed by atoms with Gasteiger partial charge in [-0.25, -0.2) is 4.98 Å². The SMILES string of the molecule is C[C@@H]1CCC[C@H](C)N1C(=O)Cn1cnc2cc([N+](=O)[O-])ccc2c1=O. The van der Waals surface area contributed by atoms with E-state index in [1.54, 1.807) is 0 Å². The number of rotatable bonds is 3. The number of hydrogen-bond acceptors (Lipinski definition) is 5. The summed E-state index contributed by atoms with van der Waals surface area (Å²) in [6.07, 6.45) is 4.31. The molecule has 0 spiro atoms. The summed E-state index contributed by atoms with van der Waals surface area (Å²) in [4.78, 5) is 41.5. The third kappa shape index (κ3) is 3.24. The average molecular weight is 344 g/mol.